The topological polar surface area (TPSA) is 92.7 Å². The zero-order valence-corrected chi connectivity index (χ0v) is 16.5. The number of aryl methyl sites for hydroxylation is 1. The summed E-state index contributed by atoms with van der Waals surface area (Å²) in [5.41, 5.74) is 3.06. The van der Waals surface area contributed by atoms with Crippen molar-refractivity contribution in [3.8, 4) is 28.8 Å². The summed E-state index contributed by atoms with van der Waals surface area (Å²) in [5.74, 6) is -0.0974. The Labute approximate surface area is 169 Å². The summed E-state index contributed by atoms with van der Waals surface area (Å²) in [7, 11) is 0. The van der Waals surface area contributed by atoms with Gasteiger partial charge in [-0.15, -0.1) is 11.3 Å². The molecule has 4 heterocycles. The van der Waals surface area contributed by atoms with Crippen LogP contribution in [0.15, 0.2) is 51.2 Å². The molecule has 0 N–H and O–H groups in total. The number of carbonyl (C=O) groups excluding carboxylic acids is 1. The van der Waals surface area contributed by atoms with Gasteiger partial charge in [-0.25, -0.2) is 9.97 Å². The number of rotatable bonds is 6. The fourth-order valence-electron chi connectivity index (χ4n) is 2.71. The van der Waals surface area contributed by atoms with E-state index in [0.29, 0.717) is 22.4 Å². The van der Waals surface area contributed by atoms with Gasteiger partial charge in [0.1, 0.15) is 10.8 Å². The number of hydrogen-bond acceptors (Lipinski definition) is 8. The van der Waals surface area contributed by atoms with Gasteiger partial charge in [0, 0.05) is 34.3 Å². The standard InChI is InChI=1S/C20H14N4O2S2/c1-12-16(23-19(26-12)14-4-7-27-10-14)8-18(25)15(9-21)20-24-17(11-28-20)13-2-5-22-6-3-13/h2-7,10-11,15H,8H2,1H3. The second kappa shape index (κ2) is 7.84. The van der Waals surface area contributed by atoms with Crippen molar-refractivity contribution in [2.45, 2.75) is 19.3 Å². The molecule has 0 amide bonds. The Bertz CT molecular complexity index is 1140. The van der Waals surface area contributed by atoms with E-state index in [1.54, 1.807) is 30.7 Å². The molecule has 0 aromatic carbocycles. The van der Waals surface area contributed by atoms with E-state index in [2.05, 4.69) is 21.0 Å². The van der Waals surface area contributed by atoms with Gasteiger partial charge >= 0.3 is 0 Å². The molecular weight excluding hydrogens is 392 g/mol. The quantitative estimate of drug-likeness (QED) is 0.463. The molecule has 6 nitrogen and oxygen atoms in total. The van der Waals surface area contributed by atoms with E-state index in [0.717, 1.165) is 16.8 Å². The van der Waals surface area contributed by atoms with E-state index in [9.17, 15) is 10.1 Å². The van der Waals surface area contributed by atoms with Crippen molar-refractivity contribution in [3.63, 3.8) is 0 Å². The van der Waals surface area contributed by atoms with Crippen molar-refractivity contribution in [1.82, 2.24) is 15.0 Å². The van der Waals surface area contributed by atoms with Gasteiger partial charge in [0.15, 0.2) is 11.7 Å². The van der Waals surface area contributed by atoms with Crippen LogP contribution in [-0.2, 0) is 11.2 Å². The zero-order valence-electron chi connectivity index (χ0n) is 14.8. The van der Waals surface area contributed by atoms with Gasteiger partial charge in [-0.1, -0.05) is 0 Å². The van der Waals surface area contributed by atoms with Crippen LogP contribution in [0.4, 0.5) is 0 Å². The Morgan fingerprint density at radius 2 is 2.04 bits per heavy atom. The minimum absolute atomic E-state index is 0.0296. The summed E-state index contributed by atoms with van der Waals surface area (Å²) in [6.07, 6.45) is 3.39. The summed E-state index contributed by atoms with van der Waals surface area (Å²) >= 11 is 2.85. The Hall–Kier alpha value is -3.15. The lowest BCUT2D eigenvalue weighted by atomic mass is 10.0. The van der Waals surface area contributed by atoms with Gasteiger partial charge in [-0.2, -0.15) is 16.6 Å². The summed E-state index contributed by atoms with van der Waals surface area (Å²) in [4.78, 5) is 25.7. The number of Topliss-reactive ketones (excluding diaryl/α,β-unsaturated/α-hetero) is 1. The van der Waals surface area contributed by atoms with Crippen LogP contribution in [0.5, 0.6) is 0 Å². The van der Waals surface area contributed by atoms with Crippen LogP contribution >= 0.6 is 22.7 Å². The lowest BCUT2D eigenvalue weighted by Gasteiger charge is -2.03. The molecule has 0 saturated carbocycles. The smallest absolute Gasteiger partial charge is 0.227 e. The van der Waals surface area contributed by atoms with Crippen LogP contribution in [0.1, 0.15) is 22.4 Å². The zero-order chi connectivity index (χ0) is 19.5. The predicted molar refractivity (Wildman–Crippen MR) is 107 cm³/mol. The maximum Gasteiger partial charge on any atom is 0.227 e. The Morgan fingerprint density at radius 3 is 2.75 bits per heavy atom. The third-order valence-corrected chi connectivity index (χ3v) is 5.79. The molecule has 1 unspecified atom stereocenters. The number of oxazole rings is 1. The lowest BCUT2D eigenvalue weighted by Crippen LogP contribution is -2.14. The minimum Gasteiger partial charge on any atom is -0.441 e. The first-order chi connectivity index (χ1) is 13.7. The van der Waals surface area contributed by atoms with Gasteiger partial charge in [0.25, 0.3) is 0 Å². The average molecular weight is 406 g/mol. The fraction of sp³-hybridized carbons (Fsp3) is 0.150. The number of nitrogens with zero attached hydrogens (tertiary/aromatic N) is 4. The van der Waals surface area contributed by atoms with Crippen molar-refractivity contribution in [2.24, 2.45) is 0 Å². The van der Waals surface area contributed by atoms with Crippen LogP contribution in [0.3, 0.4) is 0 Å². The molecule has 0 aliphatic rings. The molecule has 8 heteroatoms. The fourth-order valence-corrected chi connectivity index (χ4v) is 4.23. The van der Waals surface area contributed by atoms with Crippen molar-refractivity contribution < 1.29 is 9.21 Å². The van der Waals surface area contributed by atoms with Crippen LogP contribution in [0.25, 0.3) is 22.7 Å². The molecule has 0 aliphatic carbocycles. The first-order valence-electron chi connectivity index (χ1n) is 8.42. The largest absolute Gasteiger partial charge is 0.441 e. The van der Waals surface area contributed by atoms with E-state index >= 15 is 0 Å². The van der Waals surface area contributed by atoms with Crippen molar-refractivity contribution in [2.75, 3.05) is 0 Å². The second-order valence-electron chi connectivity index (χ2n) is 6.05. The van der Waals surface area contributed by atoms with E-state index < -0.39 is 5.92 Å². The maximum absolute atomic E-state index is 12.8. The summed E-state index contributed by atoms with van der Waals surface area (Å²) in [5, 5.41) is 15.8. The van der Waals surface area contributed by atoms with Gasteiger partial charge in [-0.3, -0.25) is 9.78 Å². The van der Waals surface area contributed by atoms with Crippen LogP contribution in [0, 0.1) is 18.3 Å². The number of carbonyl (C=O) groups is 1. The molecule has 0 fully saturated rings. The van der Waals surface area contributed by atoms with Gasteiger partial charge in [-0.05, 0) is 30.5 Å². The average Bonchev–Trinajstić information content (AvgIpc) is 3.45. The Morgan fingerprint density at radius 1 is 1.21 bits per heavy atom. The van der Waals surface area contributed by atoms with Crippen molar-refractivity contribution in [1.29, 1.82) is 5.26 Å². The van der Waals surface area contributed by atoms with Gasteiger partial charge in [0.05, 0.1) is 23.9 Å². The lowest BCUT2D eigenvalue weighted by molar-refractivity contribution is -0.118. The highest BCUT2D eigenvalue weighted by Crippen LogP contribution is 2.29. The van der Waals surface area contributed by atoms with Crippen molar-refractivity contribution in [3.05, 3.63) is 63.2 Å². The maximum atomic E-state index is 12.8. The first kappa shape index (κ1) is 18.2. The molecule has 4 aromatic heterocycles. The third-order valence-electron chi connectivity index (χ3n) is 4.20. The molecule has 0 aliphatic heterocycles. The number of thiazole rings is 1. The van der Waals surface area contributed by atoms with Gasteiger partial charge < -0.3 is 4.42 Å². The third kappa shape index (κ3) is 3.63. The summed E-state index contributed by atoms with van der Waals surface area (Å²) in [6, 6.07) is 7.68. The number of nitriles is 1. The summed E-state index contributed by atoms with van der Waals surface area (Å²) < 4.78 is 5.68. The number of aromatic nitrogens is 3. The molecule has 1 atom stereocenters. The van der Waals surface area contributed by atoms with E-state index in [4.69, 9.17) is 4.42 Å². The van der Waals surface area contributed by atoms with Crippen LogP contribution < -0.4 is 0 Å². The number of ketones is 1. The highest BCUT2D eigenvalue weighted by Gasteiger charge is 2.26. The van der Waals surface area contributed by atoms with E-state index in [1.807, 2.05) is 34.3 Å². The minimum atomic E-state index is -0.929. The van der Waals surface area contributed by atoms with E-state index in [1.165, 1.54) is 11.3 Å². The molecule has 0 bridgehead atoms. The molecule has 4 aromatic rings. The first-order valence-corrected chi connectivity index (χ1v) is 10.2. The number of pyridine rings is 1. The molecule has 4 rings (SSSR count). The predicted octanol–water partition coefficient (Wildman–Crippen LogP) is 4.65. The molecule has 138 valence electrons. The SMILES string of the molecule is Cc1oc(-c2ccsc2)nc1CC(=O)C(C#N)c1nc(-c2ccncc2)cs1. The Kier molecular flexibility index (Phi) is 5.10. The van der Waals surface area contributed by atoms with E-state index in [-0.39, 0.29) is 12.2 Å². The molecule has 0 saturated heterocycles. The monoisotopic (exact) mass is 406 g/mol. The number of thiophene rings is 1. The van der Waals surface area contributed by atoms with Gasteiger partial charge in [0.2, 0.25) is 5.89 Å². The van der Waals surface area contributed by atoms with Crippen LogP contribution in [-0.4, -0.2) is 20.7 Å². The molecule has 28 heavy (non-hydrogen) atoms. The van der Waals surface area contributed by atoms with Crippen molar-refractivity contribution >= 4 is 28.5 Å². The molecule has 0 radical (unpaired) electrons. The normalized spacial score (nSPS) is 11.9. The molecule has 0 spiro atoms. The molecular formula is C20H14N4O2S2. The Balaban J connectivity index is 1.54. The van der Waals surface area contributed by atoms with Crippen LogP contribution in [0.2, 0.25) is 0 Å². The second-order valence-corrected chi connectivity index (χ2v) is 7.72. The highest BCUT2D eigenvalue weighted by atomic mass is 32.1. The summed E-state index contributed by atoms with van der Waals surface area (Å²) in [6.45, 7) is 1.78. The highest BCUT2D eigenvalue weighted by molar-refractivity contribution is 7.10. The number of hydrogen-bond donors (Lipinski definition) is 0.